The standard InChI is InChI=1S/C19H23N3O3/c1-25-17-8-7-15(14-5-3-2-4-6-14)11-16(17)22-18(23)21-13-19(24)9-10-20-12-19/h2-8,11,20,24H,9-10,12-13H2,1H3,(H2,21,22,23). The zero-order valence-corrected chi connectivity index (χ0v) is 14.2. The van der Waals surface area contributed by atoms with Crippen LogP contribution >= 0.6 is 0 Å². The van der Waals surface area contributed by atoms with E-state index in [0.29, 0.717) is 24.4 Å². The molecule has 132 valence electrons. The molecule has 1 atom stereocenters. The fourth-order valence-electron chi connectivity index (χ4n) is 2.91. The highest BCUT2D eigenvalue weighted by Gasteiger charge is 2.31. The molecular weight excluding hydrogens is 318 g/mol. The summed E-state index contributed by atoms with van der Waals surface area (Å²) in [6.45, 7) is 1.44. The summed E-state index contributed by atoms with van der Waals surface area (Å²) in [7, 11) is 1.56. The molecule has 1 fully saturated rings. The smallest absolute Gasteiger partial charge is 0.319 e. The topological polar surface area (TPSA) is 82.6 Å². The van der Waals surface area contributed by atoms with E-state index in [0.717, 1.165) is 17.7 Å². The fourth-order valence-corrected chi connectivity index (χ4v) is 2.91. The van der Waals surface area contributed by atoms with Gasteiger partial charge in [0.1, 0.15) is 5.75 Å². The van der Waals surface area contributed by atoms with Gasteiger partial charge in [0.15, 0.2) is 0 Å². The van der Waals surface area contributed by atoms with Crippen molar-refractivity contribution in [2.24, 2.45) is 0 Å². The zero-order valence-electron chi connectivity index (χ0n) is 14.2. The van der Waals surface area contributed by atoms with Crippen LogP contribution in [0.25, 0.3) is 11.1 Å². The Labute approximate surface area is 147 Å². The van der Waals surface area contributed by atoms with Crippen LogP contribution in [0.4, 0.5) is 10.5 Å². The highest BCUT2D eigenvalue weighted by atomic mass is 16.5. The molecule has 6 nitrogen and oxygen atoms in total. The minimum absolute atomic E-state index is 0.201. The number of carbonyl (C=O) groups excluding carboxylic acids is 1. The van der Waals surface area contributed by atoms with Crippen LogP contribution in [0.15, 0.2) is 48.5 Å². The number of rotatable bonds is 5. The van der Waals surface area contributed by atoms with Gasteiger partial charge in [0.25, 0.3) is 0 Å². The summed E-state index contributed by atoms with van der Waals surface area (Å²) in [6, 6.07) is 15.2. The first-order valence-corrected chi connectivity index (χ1v) is 8.31. The molecule has 0 bridgehead atoms. The van der Waals surface area contributed by atoms with Gasteiger partial charge in [-0.15, -0.1) is 0 Å². The van der Waals surface area contributed by atoms with Gasteiger partial charge in [-0.25, -0.2) is 4.79 Å². The molecule has 3 rings (SSSR count). The molecule has 4 N–H and O–H groups in total. The molecule has 1 aliphatic heterocycles. The molecule has 2 aromatic carbocycles. The minimum atomic E-state index is -0.882. The number of carbonyl (C=O) groups is 1. The van der Waals surface area contributed by atoms with Crippen molar-refractivity contribution in [3.63, 3.8) is 0 Å². The Balaban J connectivity index is 1.70. The summed E-state index contributed by atoms with van der Waals surface area (Å²) >= 11 is 0. The van der Waals surface area contributed by atoms with Gasteiger partial charge >= 0.3 is 6.03 Å². The monoisotopic (exact) mass is 341 g/mol. The number of amides is 2. The molecule has 0 aliphatic carbocycles. The van der Waals surface area contributed by atoms with E-state index in [-0.39, 0.29) is 12.6 Å². The molecule has 0 aromatic heterocycles. The van der Waals surface area contributed by atoms with Crippen molar-refractivity contribution in [1.82, 2.24) is 10.6 Å². The van der Waals surface area contributed by atoms with Crippen molar-refractivity contribution in [2.75, 3.05) is 32.1 Å². The van der Waals surface area contributed by atoms with Crippen molar-refractivity contribution in [2.45, 2.75) is 12.0 Å². The summed E-state index contributed by atoms with van der Waals surface area (Å²) in [6.07, 6.45) is 0.625. The molecule has 1 aliphatic rings. The van der Waals surface area contributed by atoms with Crippen molar-refractivity contribution in [3.05, 3.63) is 48.5 Å². The fraction of sp³-hybridized carbons (Fsp3) is 0.316. The van der Waals surface area contributed by atoms with E-state index in [9.17, 15) is 9.90 Å². The van der Waals surface area contributed by atoms with E-state index in [1.165, 1.54) is 0 Å². The zero-order chi connectivity index (χ0) is 17.7. The van der Waals surface area contributed by atoms with Crippen LogP contribution in [0.3, 0.4) is 0 Å². The Bertz CT molecular complexity index is 728. The number of nitrogens with one attached hydrogen (secondary N) is 3. The largest absolute Gasteiger partial charge is 0.495 e. The third-order valence-electron chi connectivity index (χ3n) is 4.35. The van der Waals surface area contributed by atoms with E-state index < -0.39 is 5.60 Å². The van der Waals surface area contributed by atoms with E-state index >= 15 is 0 Å². The van der Waals surface area contributed by atoms with Gasteiger partial charge in [-0.3, -0.25) is 0 Å². The van der Waals surface area contributed by atoms with Crippen molar-refractivity contribution in [3.8, 4) is 16.9 Å². The lowest BCUT2D eigenvalue weighted by atomic mass is 10.0. The van der Waals surface area contributed by atoms with Crippen molar-refractivity contribution < 1.29 is 14.6 Å². The second kappa shape index (κ2) is 7.55. The molecule has 0 saturated carbocycles. The van der Waals surface area contributed by atoms with E-state index in [1.807, 2.05) is 48.5 Å². The number of methoxy groups -OCH3 is 1. The predicted molar refractivity (Wildman–Crippen MR) is 97.9 cm³/mol. The number of urea groups is 1. The summed E-state index contributed by atoms with van der Waals surface area (Å²) in [5.41, 5.74) is 1.74. The number of hydrogen-bond donors (Lipinski definition) is 4. The van der Waals surface area contributed by atoms with Gasteiger partial charge in [0.2, 0.25) is 0 Å². The van der Waals surface area contributed by atoms with E-state index in [4.69, 9.17) is 4.74 Å². The summed E-state index contributed by atoms with van der Waals surface area (Å²) < 4.78 is 5.33. The Morgan fingerprint density at radius 3 is 2.72 bits per heavy atom. The van der Waals surface area contributed by atoms with Gasteiger partial charge in [-0.1, -0.05) is 36.4 Å². The Morgan fingerprint density at radius 1 is 1.24 bits per heavy atom. The molecule has 2 amide bonds. The third-order valence-corrected chi connectivity index (χ3v) is 4.35. The van der Waals surface area contributed by atoms with Crippen LogP contribution in [-0.2, 0) is 0 Å². The number of β-amino-alcohol motifs (C(OH)–C–C–N with tert-alkyl or cyclic N) is 1. The first-order valence-electron chi connectivity index (χ1n) is 8.31. The van der Waals surface area contributed by atoms with E-state index in [1.54, 1.807) is 7.11 Å². The predicted octanol–water partition coefficient (Wildman–Crippen LogP) is 2.21. The van der Waals surface area contributed by atoms with Crippen LogP contribution in [0, 0.1) is 0 Å². The highest BCUT2D eigenvalue weighted by Crippen LogP contribution is 2.30. The second-order valence-corrected chi connectivity index (χ2v) is 6.24. The van der Waals surface area contributed by atoms with E-state index in [2.05, 4.69) is 16.0 Å². The van der Waals surface area contributed by atoms with Gasteiger partial charge in [-0.05, 0) is 36.2 Å². The van der Waals surface area contributed by atoms with Crippen LogP contribution in [-0.4, -0.2) is 43.5 Å². The second-order valence-electron chi connectivity index (χ2n) is 6.24. The lowest BCUT2D eigenvalue weighted by Gasteiger charge is -2.22. The quantitative estimate of drug-likeness (QED) is 0.672. The van der Waals surface area contributed by atoms with Crippen molar-refractivity contribution in [1.29, 1.82) is 0 Å². The Kier molecular flexibility index (Phi) is 5.21. The number of aliphatic hydroxyl groups is 1. The first-order chi connectivity index (χ1) is 12.1. The average Bonchev–Trinajstić information content (AvgIpc) is 3.08. The third kappa shape index (κ3) is 4.29. The molecule has 25 heavy (non-hydrogen) atoms. The van der Waals surface area contributed by atoms with Gasteiger partial charge in [0.05, 0.1) is 18.4 Å². The maximum Gasteiger partial charge on any atom is 0.319 e. The average molecular weight is 341 g/mol. The van der Waals surface area contributed by atoms with Crippen LogP contribution in [0.5, 0.6) is 5.75 Å². The summed E-state index contributed by atoms with van der Waals surface area (Å²) in [5, 5.41) is 18.9. The van der Waals surface area contributed by atoms with Crippen molar-refractivity contribution >= 4 is 11.7 Å². The number of anilines is 1. The number of hydrogen-bond acceptors (Lipinski definition) is 4. The lowest BCUT2D eigenvalue weighted by Crippen LogP contribution is -2.45. The number of benzene rings is 2. The normalized spacial score (nSPS) is 19.4. The van der Waals surface area contributed by atoms with Crippen LogP contribution < -0.4 is 20.7 Å². The molecule has 1 heterocycles. The molecule has 0 spiro atoms. The summed E-state index contributed by atoms with van der Waals surface area (Å²) in [4.78, 5) is 12.2. The maximum atomic E-state index is 12.2. The summed E-state index contributed by atoms with van der Waals surface area (Å²) in [5.74, 6) is 0.580. The molecule has 1 unspecified atom stereocenters. The Morgan fingerprint density at radius 2 is 2.04 bits per heavy atom. The number of ether oxygens (including phenoxy) is 1. The Hall–Kier alpha value is -2.57. The molecule has 1 saturated heterocycles. The maximum absolute atomic E-state index is 12.2. The van der Waals surface area contributed by atoms with Gasteiger partial charge in [0, 0.05) is 13.1 Å². The first kappa shape index (κ1) is 17.3. The molecule has 0 radical (unpaired) electrons. The highest BCUT2D eigenvalue weighted by molar-refractivity contribution is 5.92. The van der Waals surface area contributed by atoms with Gasteiger partial charge in [-0.2, -0.15) is 0 Å². The lowest BCUT2D eigenvalue weighted by molar-refractivity contribution is 0.0640. The molecule has 6 heteroatoms. The minimum Gasteiger partial charge on any atom is -0.495 e. The van der Waals surface area contributed by atoms with Crippen LogP contribution in [0.1, 0.15) is 6.42 Å². The molecule has 2 aromatic rings. The van der Waals surface area contributed by atoms with Crippen LogP contribution in [0.2, 0.25) is 0 Å². The SMILES string of the molecule is COc1ccc(-c2ccccc2)cc1NC(=O)NCC1(O)CCNC1. The van der Waals surface area contributed by atoms with Gasteiger partial charge < -0.3 is 25.8 Å². The molecular formula is C19H23N3O3.